The van der Waals surface area contributed by atoms with Crippen molar-refractivity contribution in [2.24, 2.45) is 0 Å². The Labute approximate surface area is 112 Å². The number of nitrogens with one attached hydrogen (secondary N) is 1. The van der Waals surface area contributed by atoms with Crippen LogP contribution in [0.5, 0.6) is 0 Å². The number of benzene rings is 1. The number of halogens is 3. The van der Waals surface area contributed by atoms with Gasteiger partial charge in [0, 0.05) is 5.56 Å². The number of amides is 1. The molecule has 0 aliphatic carbocycles. The molecule has 0 fully saturated rings. The summed E-state index contributed by atoms with van der Waals surface area (Å²) in [5.41, 5.74) is -0.928. The number of rotatable bonds is 5. The monoisotopic (exact) mass is 287 g/mol. The molecule has 0 heterocycles. The van der Waals surface area contributed by atoms with E-state index >= 15 is 0 Å². The zero-order valence-electron chi connectivity index (χ0n) is 10.3. The van der Waals surface area contributed by atoms with Gasteiger partial charge >= 0.3 is 12.1 Å². The molecule has 108 valence electrons. The Bertz CT molecular complexity index is 509. The van der Waals surface area contributed by atoms with Gasteiger partial charge in [-0.15, -0.1) is 6.58 Å². The van der Waals surface area contributed by atoms with E-state index in [-0.39, 0.29) is 12.0 Å². The van der Waals surface area contributed by atoms with E-state index in [1.165, 1.54) is 6.08 Å². The summed E-state index contributed by atoms with van der Waals surface area (Å²) >= 11 is 0. The fraction of sp³-hybridized carbons (Fsp3) is 0.231. The molecule has 0 saturated carbocycles. The largest absolute Gasteiger partial charge is 0.480 e. The molecule has 4 nitrogen and oxygen atoms in total. The first kappa shape index (κ1) is 15.7. The second-order valence-corrected chi connectivity index (χ2v) is 3.96. The van der Waals surface area contributed by atoms with Crippen molar-refractivity contribution in [2.75, 3.05) is 0 Å². The Morgan fingerprint density at radius 1 is 1.30 bits per heavy atom. The molecular formula is C13H12F3NO3. The first-order valence-corrected chi connectivity index (χ1v) is 5.57. The molecule has 0 radical (unpaired) electrons. The smallest absolute Gasteiger partial charge is 0.416 e. The highest BCUT2D eigenvalue weighted by Gasteiger charge is 2.30. The zero-order valence-corrected chi connectivity index (χ0v) is 10.3. The fourth-order valence-corrected chi connectivity index (χ4v) is 1.44. The highest BCUT2D eigenvalue weighted by atomic mass is 19.4. The quantitative estimate of drug-likeness (QED) is 0.817. The Kier molecular flexibility index (Phi) is 4.90. The summed E-state index contributed by atoms with van der Waals surface area (Å²) in [5, 5.41) is 11.0. The van der Waals surface area contributed by atoms with Crippen LogP contribution in [0.1, 0.15) is 22.3 Å². The molecule has 0 bridgehead atoms. The SMILES string of the molecule is C=CC[C@@H](NC(=O)c1ccc(C(F)(F)F)cc1)C(=O)O. The molecule has 1 rings (SSSR count). The Morgan fingerprint density at radius 3 is 2.25 bits per heavy atom. The van der Waals surface area contributed by atoms with Crippen LogP contribution in [0.2, 0.25) is 0 Å². The number of hydrogen-bond donors (Lipinski definition) is 2. The number of aliphatic carboxylic acids is 1. The lowest BCUT2D eigenvalue weighted by molar-refractivity contribution is -0.139. The minimum atomic E-state index is -4.48. The summed E-state index contributed by atoms with van der Waals surface area (Å²) in [6.07, 6.45) is -3.14. The maximum Gasteiger partial charge on any atom is 0.416 e. The lowest BCUT2D eigenvalue weighted by atomic mass is 10.1. The molecule has 20 heavy (non-hydrogen) atoms. The van der Waals surface area contributed by atoms with Gasteiger partial charge in [0.25, 0.3) is 5.91 Å². The van der Waals surface area contributed by atoms with Crippen LogP contribution in [0.3, 0.4) is 0 Å². The number of carboxylic acid groups (broad SMARTS) is 1. The molecule has 1 aromatic rings. The van der Waals surface area contributed by atoms with Crippen LogP contribution in [0, 0.1) is 0 Å². The van der Waals surface area contributed by atoms with Crippen molar-refractivity contribution < 1.29 is 27.9 Å². The number of carboxylic acids is 1. The van der Waals surface area contributed by atoms with Gasteiger partial charge in [0.1, 0.15) is 6.04 Å². The topological polar surface area (TPSA) is 66.4 Å². The van der Waals surface area contributed by atoms with Gasteiger partial charge in [0.05, 0.1) is 5.56 Å². The Hall–Kier alpha value is -2.31. The van der Waals surface area contributed by atoms with Gasteiger partial charge in [0.15, 0.2) is 0 Å². The molecular weight excluding hydrogens is 275 g/mol. The van der Waals surface area contributed by atoms with Crippen molar-refractivity contribution in [1.29, 1.82) is 0 Å². The van der Waals surface area contributed by atoms with Crippen molar-refractivity contribution in [1.82, 2.24) is 5.32 Å². The van der Waals surface area contributed by atoms with E-state index in [9.17, 15) is 22.8 Å². The van der Waals surface area contributed by atoms with Gasteiger partial charge in [-0.2, -0.15) is 13.2 Å². The maximum atomic E-state index is 12.3. The Balaban J connectivity index is 2.82. The van der Waals surface area contributed by atoms with Crippen LogP contribution < -0.4 is 5.32 Å². The molecule has 1 amide bonds. The zero-order chi connectivity index (χ0) is 15.3. The van der Waals surface area contributed by atoms with E-state index in [1.807, 2.05) is 0 Å². The second-order valence-electron chi connectivity index (χ2n) is 3.96. The second kappa shape index (κ2) is 6.23. The number of hydrogen-bond acceptors (Lipinski definition) is 2. The number of carbonyl (C=O) groups excluding carboxylic acids is 1. The van der Waals surface area contributed by atoms with Crippen molar-refractivity contribution >= 4 is 11.9 Å². The molecule has 2 N–H and O–H groups in total. The van der Waals surface area contributed by atoms with Crippen LogP contribution in [0.15, 0.2) is 36.9 Å². The Morgan fingerprint density at radius 2 is 1.85 bits per heavy atom. The third-order valence-corrected chi connectivity index (χ3v) is 2.48. The average molecular weight is 287 g/mol. The third-order valence-electron chi connectivity index (χ3n) is 2.48. The number of carbonyl (C=O) groups is 2. The van der Waals surface area contributed by atoms with E-state index < -0.39 is 29.7 Å². The van der Waals surface area contributed by atoms with Gasteiger partial charge in [-0.3, -0.25) is 4.79 Å². The standard InChI is InChI=1S/C13H12F3NO3/c1-2-3-10(12(19)20)17-11(18)8-4-6-9(7-5-8)13(14,15)16/h2,4-7,10H,1,3H2,(H,17,18)(H,19,20)/t10-/m1/s1. The van der Waals surface area contributed by atoms with Gasteiger partial charge in [-0.05, 0) is 30.7 Å². The summed E-state index contributed by atoms with van der Waals surface area (Å²) in [7, 11) is 0. The van der Waals surface area contributed by atoms with Gasteiger partial charge in [-0.25, -0.2) is 4.79 Å². The highest BCUT2D eigenvalue weighted by Crippen LogP contribution is 2.29. The van der Waals surface area contributed by atoms with Crippen molar-refractivity contribution in [3.8, 4) is 0 Å². The predicted molar refractivity (Wildman–Crippen MR) is 65.1 cm³/mol. The molecule has 0 spiro atoms. The minimum Gasteiger partial charge on any atom is -0.480 e. The first-order chi connectivity index (χ1) is 9.25. The molecule has 1 aromatic carbocycles. The molecule has 0 aliphatic heterocycles. The van der Waals surface area contributed by atoms with Crippen molar-refractivity contribution in [3.63, 3.8) is 0 Å². The van der Waals surface area contributed by atoms with Crippen molar-refractivity contribution in [2.45, 2.75) is 18.6 Å². The normalized spacial score (nSPS) is 12.6. The summed E-state index contributed by atoms with van der Waals surface area (Å²) < 4.78 is 37.0. The summed E-state index contributed by atoms with van der Waals surface area (Å²) in [6, 6.07) is 2.34. The minimum absolute atomic E-state index is 0.0156. The van der Waals surface area contributed by atoms with Gasteiger partial charge in [0.2, 0.25) is 0 Å². The summed E-state index contributed by atoms with van der Waals surface area (Å²) in [6.45, 7) is 3.36. The van der Waals surface area contributed by atoms with E-state index in [0.29, 0.717) is 0 Å². The highest BCUT2D eigenvalue weighted by molar-refractivity contribution is 5.96. The van der Waals surface area contributed by atoms with Gasteiger partial charge in [-0.1, -0.05) is 6.08 Å². The van der Waals surface area contributed by atoms with E-state index in [0.717, 1.165) is 24.3 Å². The first-order valence-electron chi connectivity index (χ1n) is 5.57. The van der Waals surface area contributed by atoms with Gasteiger partial charge < -0.3 is 10.4 Å². The lowest BCUT2D eigenvalue weighted by Crippen LogP contribution is -2.40. The summed E-state index contributed by atoms with van der Waals surface area (Å²) in [4.78, 5) is 22.5. The number of alkyl halides is 3. The van der Waals surface area contributed by atoms with Crippen LogP contribution in [-0.4, -0.2) is 23.0 Å². The lowest BCUT2D eigenvalue weighted by Gasteiger charge is -2.13. The third kappa shape index (κ3) is 4.11. The molecule has 1 atom stereocenters. The van der Waals surface area contributed by atoms with E-state index in [1.54, 1.807) is 0 Å². The predicted octanol–water partition coefficient (Wildman–Crippen LogP) is 2.46. The van der Waals surface area contributed by atoms with E-state index in [2.05, 4.69) is 11.9 Å². The van der Waals surface area contributed by atoms with Crippen LogP contribution in [0.4, 0.5) is 13.2 Å². The average Bonchev–Trinajstić information content (AvgIpc) is 2.37. The summed E-state index contributed by atoms with van der Waals surface area (Å²) in [5.74, 6) is -2.00. The van der Waals surface area contributed by atoms with Crippen LogP contribution in [-0.2, 0) is 11.0 Å². The molecule has 0 saturated heterocycles. The van der Waals surface area contributed by atoms with Crippen LogP contribution in [0.25, 0.3) is 0 Å². The molecule has 0 aromatic heterocycles. The maximum absolute atomic E-state index is 12.3. The van der Waals surface area contributed by atoms with E-state index in [4.69, 9.17) is 5.11 Å². The fourth-order valence-electron chi connectivity index (χ4n) is 1.44. The molecule has 7 heteroatoms. The molecule has 0 unspecified atom stereocenters. The van der Waals surface area contributed by atoms with Crippen molar-refractivity contribution in [3.05, 3.63) is 48.0 Å². The molecule has 0 aliphatic rings. The van der Waals surface area contributed by atoms with Crippen LogP contribution >= 0.6 is 0 Å².